The maximum atomic E-state index is 11.3. The monoisotopic (exact) mass is 324 g/mol. The Balaban J connectivity index is 1.99. The molecule has 3 rings (SSSR count). The molecule has 0 spiro atoms. The van der Waals surface area contributed by atoms with Gasteiger partial charge in [-0.3, -0.25) is 4.79 Å². The second-order valence-corrected chi connectivity index (χ2v) is 7.37. The Morgan fingerprint density at radius 3 is 3.00 bits per heavy atom. The summed E-state index contributed by atoms with van der Waals surface area (Å²) < 4.78 is 1.90. The average molecular weight is 324 g/mol. The zero-order chi connectivity index (χ0) is 15.0. The lowest BCUT2D eigenvalue weighted by atomic mass is 9.90. The molecule has 3 heterocycles. The maximum absolute atomic E-state index is 11.3. The first-order chi connectivity index (χ1) is 10.1. The van der Waals surface area contributed by atoms with E-state index in [1.54, 1.807) is 23.1 Å². The Hall–Kier alpha value is -1.41. The van der Waals surface area contributed by atoms with Gasteiger partial charge in [-0.05, 0) is 18.6 Å². The number of rotatable bonds is 3. The molecule has 6 nitrogen and oxygen atoms in total. The van der Waals surface area contributed by atoms with Crippen molar-refractivity contribution in [2.75, 3.05) is 24.2 Å². The number of thioether (sulfide) groups is 1. The molecule has 0 radical (unpaired) electrons. The summed E-state index contributed by atoms with van der Waals surface area (Å²) in [5.41, 5.74) is 0.694. The number of aliphatic carboxylic acids is 1. The van der Waals surface area contributed by atoms with Crippen molar-refractivity contribution in [2.45, 2.75) is 17.7 Å². The number of aromatic nitrogens is 3. The molecule has 2 atom stereocenters. The van der Waals surface area contributed by atoms with Gasteiger partial charge in [-0.25, -0.2) is 15.0 Å². The fraction of sp³-hybridized carbons (Fsp3) is 0.538. The summed E-state index contributed by atoms with van der Waals surface area (Å²) in [6.07, 6.45) is 4.21. The van der Waals surface area contributed by atoms with Crippen molar-refractivity contribution in [2.24, 2.45) is 11.8 Å². The largest absolute Gasteiger partial charge is 0.481 e. The van der Waals surface area contributed by atoms with E-state index < -0.39 is 5.97 Å². The summed E-state index contributed by atoms with van der Waals surface area (Å²) in [5, 5.41) is 9.30. The van der Waals surface area contributed by atoms with Gasteiger partial charge >= 0.3 is 5.97 Å². The molecule has 0 aliphatic carbocycles. The Morgan fingerprint density at radius 2 is 2.29 bits per heavy atom. The molecule has 1 N–H and O–H groups in total. The standard InChI is InChI=1S/C13H16N4O2S2/c1-7-3-8(12(18)19)5-17(4-7)11-9-10(14-6-15-11)16-13(20-2)21-9/h6-8H,3-5H2,1-2H3,(H,18,19). The molecule has 8 heteroatoms. The van der Waals surface area contributed by atoms with Gasteiger partial charge in [0.1, 0.15) is 11.0 Å². The minimum atomic E-state index is -0.731. The van der Waals surface area contributed by atoms with Crippen molar-refractivity contribution >= 4 is 45.2 Å². The number of hydrogen-bond acceptors (Lipinski definition) is 7. The number of fused-ring (bicyclic) bond motifs is 1. The predicted octanol–water partition coefficient (Wildman–Crippen LogP) is 2.36. The Morgan fingerprint density at radius 1 is 1.48 bits per heavy atom. The van der Waals surface area contributed by atoms with Crippen LogP contribution in [0, 0.1) is 11.8 Å². The molecule has 0 amide bonds. The van der Waals surface area contributed by atoms with Crippen molar-refractivity contribution < 1.29 is 9.90 Å². The normalized spacial score (nSPS) is 22.7. The van der Waals surface area contributed by atoms with Crippen molar-refractivity contribution in [3.05, 3.63) is 6.33 Å². The van der Waals surface area contributed by atoms with Gasteiger partial charge < -0.3 is 10.0 Å². The molecule has 1 fully saturated rings. The van der Waals surface area contributed by atoms with Gasteiger partial charge in [0.05, 0.1) is 5.92 Å². The molecule has 2 aromatic rings. The van der Waals surface area contributed by atoms with Crippen LogP contribution in [0.5, 0.6) is 0 Å². The molecule has 1 aliphatic rings. The highest BCUT2D eigenvalue weighted by Crippen LogP contribution is 2.35. The summed E-state index contributed by atoms with van der Waals surface area (Å²) in [6, 6.07) is 0. The number of nitrogens with zero attached hydrogens (tertiary/aromatic N) is 4. The highest BCUT2D eigenvalue weighted by molar-refractivity contribution is 8.00. The number of hydrogen-bond donors (Lipinski definition) is 1. The Bertz CT molecular complexity index is 675. The second-order valence-electron chi connectivity index (χ2n) is 5.31. The van der Waals surface area contributed by atoms with Crippen LogP contribution in [0.15, 0.2) is 10.7 Å². The molecular weight excluding hydrogens is 308 g/mol. The van der Waals surface area contributed by atoms with E-state index in [0.29, 0.717) is 18.1 Å². The van der Waals surface area contributed by atoms with Crippen LogP contribution in [0.1, 0.15) is 13.3 Å². The lowest BCUT2D eigenvalue weighted by Crippen LogP contribution is -2.43. The lowest BCUT2D eigenvalue weighted by molar-refractivity contribution is -0.142. The van der Waals surface area contributed by atoms with E-state index in [1.807, 2.05) is 6.26 Å². The van der Waals surface area contributed by atoms with E-state index in [9.17, 15) is 9.90 Å². The summed E-state index contributed by atoms with van der Waals surface area (Å²) in [7, 11) is 0. The SMILES string of the molecule is CSc1nc2ncnc(N3CC(C)CC(C(=O)O)C3)c2s1. The first-order valence-corrected chi connectivity index (χ1v) is 8.76. The predicted molar refractivity (Wildman–Crippen MR) is 84.1 cm³/mol. The van der Waals surface area contributed by atoms with Crippen molar-refractivity contribution in [3.63, 3.8) is 0 Å². The third-order valence-electron chi connectivity index (χ3n) is 3.64. The minimum Gasteiger partial charge on any atom is -0.481 e. The van der Waals surface area contributed by atoms with Crippen LogP contribution in [0.25, 0.3) is 10.3 Å². The molecule has 21 heavy (non-hydrogen) atoms. The maximum Gasteiger partial charge on any atom is 0.308 e. The molecule has 0 aromatic carbocycles. The molecular formula is C13H16N4O2S2. The smallest absolute Gasteiger partial charge is 0.308 e. The Labute approximate surface area is 130 Å². The van der Waals surface area contributed by atoms with E-state index in [2.05, 4.69) is 26.8 Å². The lowest BCUT2D eigenvalue weighted by Gasteiger charge is -2.35. The van der Waals surface area contributed by atoms with Crippen molar-refractivity contribution in [1.82, 2.24) is 15.0 Å². The first-order valence-electron chi connectivity index (χ1n) is 6.71. The van der Waals surface area contributed by atoms with E-state index in [0.717, 1.165) is 27.8 Å². The first kappa shape index (κ1) is 14.5. The quantitative estimate of drug-likeness (QED) is 0.868. The number of anilines is 1. The van der Waals surface area contributed by atoms with Crippen LogP contribution in [0.3, 0.4) is 0 Å². The van der Waals surface area contributed by atoms with Crippen LogP contribution < -0.4 is 4.90 Å². The second kappa shape index (κ2) is 5.76. The van der Waals surface area contributed by atoms with Gasteiger partial charge in [-0.15, -0.1) is 11.3 Å². The van der Waals surface area contributed by atoms with E-state index in [1.165, 1.54) is 6.33 Å². The molecule has 2 aromatic heterocycles. The van der Waals surface area contributed by atoms with E-state index >= 15 is 0 Å². The van der Waals surface area contributed by atoms with Crippen molar-refractivity contribution in [3.8, 4) is 0 Å². The zero-order valence-corrected chi connectivity index (χ0v) is 13.4. The molecule has 1 saturated heterocycles. The third kappa shape index (κ3) is 2.82. The van der Waals surface area contributed by atoms with Crippen molar-refractivity contribution in [1.29, 1.82) is 0 Å². The number of carbonyl (C=O) groups is 1. The van der Waals surface area contributed by atoms with Crippen LogP contribution in [0.4, 0.5) is 5.82 Å². The molecule has 0 bridgehead atoms. The van der Waals surface area contributed by atoms with E-state index in [-0.39, 0.29) is 5.92 Å². The summed E-state index contributed by atoms with van der Waals surface area (Å²) in [6.45, 7) is 3.40. The third-order valence-corrected chi connectivity index (χ3v) is 5.66. The minimum absolute atomic E-state index is 0.331. The molecule has 0 saturated carbocycles. The number of piperidine rings is 1. The van der Waals surface area contributed by atoms with Gasteiger partial charge in [0.2, 0.25) is 0 Å². The van der Waals surface area contributed by atoms with Gasteiger partial charge in [-0.2, -0.15) is 0 Å². The van der Waals surface area contributed by atoms with Gasteiger partial charge in [0.15, 0.2) is 15.8 Å². The summed E-state index contributed by atoms with van der Waals surface area (Å²) >= 11 is 3.15. The number of carboxylic acids is 1. The summed E-state index contributed by atoms with van der Waals surface area (Å²) in [4.78, 5) is 26.4. The van der Waals surface area contributed by atoms with Gasteiger partial charge in [0.25, 0.3) is 0 Å². The topological polar surface area (TPSA) is 79.2 Å². The van der Waals surface area contributed by atoms with Crippen LogP contribution in [-0.2, 0) is 4.79 Å². The molecule has 112 valence electrons. The van der Waals surface area contributed by atoms with E-state index in [4.69, 9.17) is 0 Å². The average Bonchev–Trinajstić information content (AvgIpc) is 2.89. The summed E-state index contributed by atoms with van der Waals surface area (Å²) in [5.74, 6) is 0.0751. The zero-order valence-electron chi connectivity index (χ0n) is 11.8. The number of thiazole rings is 1. The highest BCUT2D eigenvalue weighted by atomic mass is 32.2. The van der Waals surface area contributed by atoms with Crippen LogP contribution >= 0.6 is 23.1 Å². The van der Waals surface area contributed by atoms with Crippen LogP contribution in [-0.4, -0.2) is 45.4 Å². The molecule has 2 unspecified atom stereocenters. The molecule has 1 aliphatic heterocycles. The fourth-order valence-corrected chi connectivity index (χ4v) is 4.27. The highest BCUT2D eigenvalue weighted by Gasteiger charge is 2.31. The number of carboxylic acid groups (broad SMARTS) is 1. The van der Waals surface area contributed by atoms with Gasteiger partial charge in [-0.1, -0.05) is 18.7 Å². The van der Waals surface area contributed by atoms with Crippen LogP contribution in [0.2, 0.25) is 0 Å². The Kier molecular flexibility index (Phi) is 3.99. The van der Waals surface area contributed by atoms with Gasteiger partial charge in [0, 0.05) is 13.1 Å². The fourth-order valence-electron chi connectivity index (χ4n) is 2.74.